The quantitative estimate of drug-likeness (QED) is 0.712. The first-order valence-electron chi connectivity index (χ1n) is 7.67. The van der Waals surface area contributed by atoms with E-state index < -0.39 is 0 Å². The number of nitrogens with zero attached hydrogens (tertiary/aromatic N) is 3. The number of hydrogen-bond donors (Lipinski definition) is 1. The van der Waals surface area contributed by atoms with Crippen LogP contribution in [0, 0.1) is 6.92 Å². The number of aromatic nitrogens is 2. The Morgan fingerprint density at radius 1 is 1.42 bits per heavy atom. The van der Waals surface area contributed by atoms with Crippen LogP contribution in [0.15, 0.2) is 54.9 Å². The zero-order valence-corrected chi connectivity index (χ0v) is 15.0. The molecular formula is C18H19ClN4S. The fourth-order valence-corrected chi connectivity index (χ4v) is 3.50. The Hall–Kier alpha value is -1.98. The normalized spacial score (nSPS) is 14.7. The van der Waals surface area contributed by atoms with Crippen molar-refractivity contribution < 1.29 is 0 Å². The van der Waals surface area contributed by atoms with Crippen LogP contribution in [0.4, 0.5) is 11.5 Å². The predicted octanol–water partition coefficient (Wildman–Crippen LogP) is 5.28. The van der Waals surface area contributed by atoms with Gasteiger partial charge in [0, 0.05) is 18.1 Å². The number of halogens is 1. The molecule has 0 unspecified atom stereocenters. The molecule has 0 fully saturated rings. The second-order valence-electron chi connectivity index (χ2n) is 5.55. The number of aryl methyl sites for hydroxylation is 1. The number of pyridine rings is 2. The van der Waals surface area contributed by atoms with Crippen molar-refractivity contribution in [1.82, 2.24) is 14.9 Å². The molecule has 2 aromatic heterocycles. The standard InChI is InChI=1S/C18H19ClN4S/c1-3-4-17(23-7-8-24-12-23)14-9-16(19)18(21-10-14)22-15-6-5-13(2)20-11-15/h3,5-11,17H,1,4,12H2,2H3,(H,21,22)/t17-/m1/s1. The Balaban J connectivity index is 1.81. The molecule has 0 amide bonds. The SMILES string of the molecule is C=CC[C@H](c1cnc(Nc2ccc(C)nc2)c(Cl)c1)N1C=CSC1. The molecular weight excluding hydrogens is 340 g/mol. The van der Waals surface area contributed by atoms with Gasteiger partial charge in [-0.2, -0.15) is 0 Å². The second-order valence-corrected chi connectivity index (χ2v) is 6.82. The fourth-order valence-electron chi connectivity index (χ4n) is 2.51. The van der Waals surface area contributed by atoms with Gasteiger partial charge in [-0.25, -0.2) is 4.98 Å². The Bertz CT molecular complexity index is 745. The third-order valence-electron chi connectivity index (χ3n) is 3.78. The highest BCUT2D eigenvalue weighted by Gasteiger charge is 2.20. The molecule has 24 heavy (non-hydrogen) atoms. The maximum atomic E-state index is 6.45. The number of anilines is 2. The van der Waals surface area contributed by atoms with Gasteiger partial charge in [-0.1, -0.05) is 17.7 Å². The molecule has 1 atom stereocenters. The van der Waals surface area contributed by atoms with E-state index in [9.17, 15) is 0 Å². The van der Waals surface area contributed by atoms with Gasteiger partial charge in [-0.15, -0.1) is 18.3 Å². The van der Waals surface area contributed by atoms with Gasteiger partial charge in [0.15, 0.2) is 0 Å². The molecule has 0 spiro atoms. The average molecular weight is 359 g/mol. The minimum Gasteiger partial charge on any atom is -0.360 e. The maximum Gasteiger partial charge on any atom is 0.149 e. The van der Waals surface area contributed by atoms with Gasteiger partial charge in [-0.3, -0.25) is 4.98 Å². The third kappa shape index (κ3) is 3.91. The number of hydrogen-bond acceptors (Lipinski definition) is 5. The summed E-state index contributed by atoms with van der Waals surface area (Å²) < 4.78 is 0. The zero-order chi connectivity index (χ0) is 16.9. The van der Waals surface area contributed by atoms with Crippen molar-refractivity contribution in [3.8, 4) is 0 Å². The number of thioether (sulfide) groups is 1. The van der Waals surface area contributed by atoms with Gasteiger partial charge in [0.05, 0.1) is 28.8 Å². The molecule has 4 nitrogen and oxygen atoms in total. The molecule has 6 heteroatoms. The minimum atomic E-state index is 0.203. The van der Waals surface area contributed by atoms with Gasteiger partial charge < -0.3 is 10.2 Å². The van der Waals surface area contributed by atoms with E-state index in [4.69, 9.17) is 11.6 Å². The van der Waals surface area contributed by atoms with E-state index in [0.29, 0.717) is 10.8 Å². The van der Waals surface area contributed by atoms with Crippen molar-refractivity contribution in [2.45, 2.75) is 19.4 Å². The summed E-state index contributed by atoms with van der Waals surface area (Å²) in [4.78, 5) is 11.0. The molecule has 1 N–H and O–H groups in total. The lowest BCUT2D eigenvalue weighted by atomic mass is 10.0. The molecule has 0 saturated heterocycles. The van der Waals surface area contributed by atoms with Crippen LogP contribution >= 0.6 is 23.4 Å². The van der Waals surface area contributed by atoms with Crippen molar-refractivity contribution in [2.75, 3.05) is 11.2 Å². The smallest absolute Gasteiger partial charge is 0.149 e. The first-order valence-corrected chi connectivity index (χ1v) is 9.10. The van der Waals surface area contributed by atoms with E-state index >= 15 is 0 Å². The summed E-state index contributed by atoms with van der Waals surface area (Å²) in [6.07, 6.45) is 8.53. The van der Waals surface area contributed by atoms with E-state index in [1.807, 2.05) is 37.4 Å². The largest absolute Gasteiger partial charge is 0.360 e. The minimum absolute atomic E-state index is 0.203. The van der Waals surface area contributed by atoms with Crippen LogP contribution in [0.2, 0.25) is 5.02 Å². The maximum absolute atomic E-state index is 6.45. The Morgan fingerprint density at radius 3 is 2.92 bits per heavy atom. The molecule has 3 heterocycles. The molecule has 1 aliphatic rings. The van der Waals surface area contributed by atoms with Crippen LogP contribution in [-0.2, 0) is 0 Å². The first kappa shape index (κ1) is 16.9. The molecule has 0 aromatic carbocycles. The molecule has 0 aliphatic carbocycles. The number of rotatable bonds is 6. The molecule has 0 radical (unpaired) electrons. The summed E-state index contributed by atoms with van der Waals surface area (Å²) in [6, 6.07) is 6.08. The van der Waals surface area contributed by atoms with Crippen molar-refractivity contribution in [2.24, 2.45) is 0 Å². The Morgan fingerprint density at radius 2 is 2.29 bits per heavy atom. The number of nitrogens with one attached hydrogen (secondary N) is 1. The van der Waals surface area contributed by atoms with Gasteiger partial charge >= 0.3 is 0 Å². The predicted molar refractivity (Wildman–Crippen MR) is 102 cm³/mol. The summed E-state index contributed by atoms with van der Waals surface area (Å²) in [6.45, 7) is 5.82. The Labute approximate surface area is 151 Å². The van der Waals surface area contributed by atoms with Crippen molar-refractivity contribution in [1.29, 1.82) is 0 Å². The van der Waals surface area contributed by atoms with E-state index in [1.165, 1.54) is 0 Å². The highest BCUT2D eigenvalue weighted by Crippen LogP contribution is 2.33. The van der Waals surface area contributed by atoms with Gasteiger partial charge in [-0.05, 0) is 42.5 Å². The van der Waals surface area contributed by atoms with Crippen LogP contribution in [-0.4, -0.2) is 20.7 Å². The highest BCUT2D eigenvalue weighted by molar-refractivity contribution is 8.02. The summed E-state index contributed by atoms with van der Waals surface area (Å²) in [5.74, 6) is 1.57. The van der Waals surface area contributed by atoms with Gasteiger partial charge in [0.25, 0.3) is 0 Å². The van der Waals surface area contributed by atoms with Crippen molar-refractivity contribution in [3.63, 3.8) is 0 Å². The van der Waals surface area contributed by atoms with Gasteiger partial charge in [0.2, 0.25) is 0 Å². The molecule has 0 bridgehead atoms. The lowest BCUT2D eigenvalue weighted by Gasteiger charge is -2.27. The van der Waals surface area contributed by atoms with Crippen LogP contribution < -0.4 is 5.32 Å². The van der Waals surface area contributed by atoms with Crippen LogP contribution in [0.25, 0.3) is 0 Å². The molecule has 0 saturated carbocycles. The van der Waals surface area contributed by atoms with Gasteiger partial charge in [0.1, 0.15) is 5.82 Å². The molecule has 2 aromatic rings. The topological polar surface area (TPSA) is 41.1 Å². The lowest BCUT2D eigenvalue weighted by molar-refractivity contribution is 0.331. The van der Waals surface area contributed by atoms with Crippen LogP contribution in [0.1, 0.15) is 23.7 Å². The Kier molecular flexibility index (Phi) is 5.43. The van der Waals surface area contributed by atoms with E-state index in [1.54, 1.807) is 18.0 Å². The molecule has 124 valence electrons. The van der Waals surface area contributed by atoms with Crippen LogP contribution in [0.5, 0.6) is 0 Å². The summed E-state index contributed by atoms with van der Waals surface area (Å²) in [5, 5.41) is 5.91. The van der Waals surface area contributed by atoms with Crippen molar-refractivity contribution >= 4 is 34.9 Å². The lowest BCUT2D eigenvalue weighted by Crippen LogP contribution is -2.20. The monoisotopic (exact) mass is 358 g/mol. The van der Waals surface area contributed by atoms with Crippen molar-refractivity contribution in [3.05, 3.63) is 71.1 Å². The second kappa shape index (κ2) is 7.73. The fraction of sp³-hybridized carbons (Fsp3) is 0.222. The zero-order valence-electron chi connectivity index (χ0n) is 13.4. The van der Waals surface area contributed by atoms with E-state index in [0.717, 1.165) is 29.2 Å². The summed E-state index contributed by atoms with van der Waals surface area (Å²) in [7, 11) is 0. The third-order valence-corrected chi connectivity index (χ3v) is 4.83. The molecule has 3 rings (SSSR count). The van der Waals surface area contributed by atoms with E-state index in [2.05, 4.69) is 38.4 Å². The first-order chi connectivity index (χ1) is 11.7. The summed E-state index contributed by atoms with van der Waals surface area (Å²) in [5.41, 5.74) is 2.92. The summed E-state index contributed by atoms with van der Waals surface area (Å²) >= 11 is 8.23. The van der Waals surface area contributed by atoms with Crippen LogP contribution in [0.3, 0.4) is 0 Å². The van der Waals surface area contributed by atoms with E-state index in [-0.39, 0.29) is 6.04 Å². The molecule has 1 aliphatic heterocycles. The average Bonchev–Trinajstić information content (AvgIpc) is 3.11. The highest BCUT2D eigenvalue weighted by atomic mass is 35.5.